The third-order valence-electron chi connectivity index (χ3n) is 3.68. The van der Waals surface area contributed by atoms with Gasteiger partial charge in [0.15, 0.2) is 0 Å². The summed E-state index contributed by atoms with van der Waals surface area (Å²) >= 11 is 0. The maximum absolute atomic E-state index is 9.50. The van der Waals surface area contributed by atoms with Gasteiger partial charge in [0.05, 0.1) is 30.4 Å². The first kappa shape index (κ1) is 10.7. The minimum Gasteiger partial charge on any atom is -0.394 e. The largest absolute Gasteiger partial charge is 0.394 e. The molecule has 1 aliphatic rings. The fourth-order valence-corrected chi connectivity index (χ4v) is 2.40. The number of aliphatic hydroxyl groups is 1. The third-order valence-corrected chi connectivity index (χ3v) is 3.68. The van der Waals surface area contributed by atoms with Crippen LogP contribution in [0.25, 0.3) is 10.9 Å². The molecule has 1 aromatic heterocycles. The normalized spacial score (nSPS) is 19.4. The van der Waals surface area contributed by atoms with E-state index in [1.165, 1.54) is 0 Å². The number of benzene rings is 1. The van der Waals surface area contributed by atoms with Crippen molar-refractivity contribution in [3.8, 4) is 0 Å². The van der Waals surface area contributed by atoms with Crippen molar-refractivity contribution in [2.24, 2.45) is 11.7 Å². The van der Waals surface area contributed by atoms with Crippen molar-refractivity contribution in [2.75, 3.05) is 6.61 Å². The van der Waals surface area contributed by atoms with Gasteiger partial charge in [0, 0.05) is 5.39 Å². The van der Waals surface area contributed by atoms with Gasteiger partial charge < -0.3 is 10.8 Å². The molecule has 4 nitrogen and oxygen atoms in total. The van der Waals surface area contributed by atoms with Crippen molar-refractivity contribution < 1.29 is 5.11 Å². The van der Waals surface area contributed by atoms with Crippen LogP contribution in [0.15, 0.2) is 30.5 Å². The number of aliphatic hydroxyl groups excluding tert-OH is 1. The van der Waals surface area contributed by atoms with Crippen LogP contribution in [0.2, 0.25) is 0 Å². The molecule has 90 valence electrons. The van der Waals surface area contributed by atoms with Crippen molar-refractivity contribution in [2.45, 2.75) is 24.9 Å². The number of hydrogen-bond donors (Lipinski definition) is 2. The van der Waals surface area contributed by atoms with Crippen LogP contribution < -0.4 is 5.73 Å². The molecule has 0 spiro atoms. The number of para-hydroxylation sites is 1. The van der Waals surface area contributed by atoms with E-state index in [1.807, 2.05) is 35.1 Å². The molecule has 1 fully saturated rings. The predicted molar refractivity (Wildman–Crippen MR) is 66.5 cm³/mol. The first-order valence-corrected chi connectivity index (χ1v) is 6.03. The zero-order valence-corrected chi connectivity index (χ0v) is 9.71. The monoisotopic (exact) mass is 231 g/mol. The summed E-state index contributed by atoms with van der Waals surface area (Å²) in [7, 11) is 0. The van der Waals surface area contributed by atoms with Crippen molar-refractivity contribution >= 4 is 10.9 Å². The highest BCUT2D eigenvalue weighted by atomic mass is 16.3. The van der Waals surface area contributed by atoms with E-state index in [-0.39, 0.29) is 6.61 Å². The molecule has 2 aromatic rings. The fourth-order valence-electron chi connectivity index (χ4n) is 2.40. The number of nitrogens with zero attached hydrogens (tertiary/aromatic N) is 2. The molecule has 1 heterocycles. The average molecular weight is 231 g/mol. The van der Waals surface area contributed by atoms with E-state index in [2.05, 4.69) is 5.10 Å². The lowest BCUT2D eigenvalue weighted by Gasteiger charge is -2.27. The van der Waals surface area contributed by atoms with Crippen LogP contribution in [0, 0.1) is 5.92 Å². The van der Waals surface area contributed by atoms with E-state index >= 15 is 0 Å². The molecule has 1 saturated carbocycles. The molecule has 1 atom stereocenters. The summed E-state index contributed by atoms with van der Waals surface area (Å²) in [6.45, 7) is 0.605. The molecule has 0 saturated heterocycles. The SMILES string of the molecule is NC(CO)(Cn1ncc2ccccc21)C1CC1. The Morgan fingerprint density at radius 3 is 2.88 bits per heavy atom. The zero-order valence-electron chi connectivity index (χ0n) is 9.71. The van der Waals surface area contributed by atoms with E-state index in [0.717, 1.165) is 23.7 Å². The summed E-state index contributed by atoms with van der Waals surface area (Å²) in [6.07, 6.45) is 4.09. The van der Waals surface area contributed by atoms with Crippen LogP contribution >= 0.6 is 0 Å². The highest BCUT2D eigenvalue weighted by molar-refractivity contribution is 5.78. The Balaban J connectivity index is 1.94. The van der Waals surface area contributed by atoms with Gasteiger partial charge in [-0.25, -0.2) is 0 Å². The van der Waals surface area contributed by atoms with E-state index in [0.29, 0.717) is 12.5 Å². The molecule has 1 aliphatic carbocycles. The Morgan fingerprint density at radius 2 is 2.18 bits per heavy atom. The summed E-state index contributed by atoms with van der Waals surface area (Å²) in [5.41, 5.74) is 6.83. The minimum atomic E-state index is -0.519. The van der Waals surface area contributed by atoms with Gasteiger partial charge in [0.1, 0.15) is 0 Å². The standard InChI is InChI=1S/C13H17N3O/c14-13(9-17,11-5-6-11)8-16-12-4-2-1-3-10(12)7-15-16/h1-4,7,11,17H,5-6,8-9,14H2. The second-order valence-corrected chi connectivity index (χ2v) is 5.03. The lowest BCUT2D eigenvalue weighted by Crippen LogP contribution is -2.49. The van der Waals surface area contributed by atoms with E-state index < -0.39 is 5.54 Å². The number of aromatic nitrogens is 2. The lowest BCUT2D eigenvalue weighted by atomic mass is 9.96. The maximum Gasteiger partial charge on any atom is 0.0683 e. The first-order valence-electron chi connectivity index (χ1n) is 6.03. The zero-order chi connectivity index (χ0) is 11.9. The predicted octanol–water partition coefficient (Wildman–Crippen LogP) is 1.14. The molecular weight excluding hydrogens is 214 g/mol. The van der Waals surface area contributed by atoms with Crippen molar-refractivity contribution in [1.29, 1.82) is 0 Å². The van der Waals surface area contributed by atoms with Gasteiger partial charge in [0.2, 0.25) is 0 Å². The smallest absolute Gasteiger partial charge is 0.0683 e. The maximum atomic E-state index is 9.50. The summed E-state index contributed by atoms with van der Waals surface area (Å²) in [5, 5.41) is 15.0. The van der Waals surface area contributed by atoms with Crippen LogP contribution in [0.4, 0.5) is 0 Å². The van der Waals surface area contributed by atoms with Crippen molar-refractivity contribution in [3.63, 3.8) is 0 Å². The molecule has 4 heteroatoms. The van der Waals surface area contributed by atoms with Gasteiger partial charge in [-0.3, -0.25) is 4.68 Å². The van der Waals surface area contributed by atoms with Gasteiger partial charge in [-0.1, -0.05) is 18.2 Å². The summed E-state index contributed by atoms with van der Waals surface area (Å²) in [6, 6.07) is 8.06. The highest BCUT2D eigenvalue weighted by Crippen LogP contribution is 2.39. The fraction of sp³-hybridized carbons (Fsp3) is 0.462. The van der Waals surface area contributed by atoms with Crippen molar-refractivity contribution in [1.82, 2.24) is 9.78 Å². The number of nitrogens with two attached hydrogens (primary N) is 1. The molecule has 1 unspecified atom stereocenters. The highest BCUT2D eigenvalue weighted by Gasteiger charge is 2.42. The van der Waals surface area contributed by atoms with Crippen LogP contribution in [-0.4, -0.2) is 27.0 Å². The van der Waals surface area contributed by atoms with Gasteiger partial charge in [0.25, 0.3) is 0 Å². The van der Waals surface area contributed by atoms with Crippen LogP contribution in [0.1, 0.15) is 12.8 Å². The molecular formula is C13H17N3O. The molecule has 3 rings (SSSR count). The van der Waals surface area contributed by atoms with Crippen LogP contribution in [0.5, 0.6) is 0 Å². The number of rotatable bonds is 4. The molecule has 0 bridgehead atoms. The number of fused-ring (bicyclic) bond motifs is 1. The Labute approximate surface area is 100 Å². The van der Waals surface area contributed by atoms with E-state index in [4.69, 9.17) is 5.73 Å². The first-order chi connectivity index (χ1) is 8.23. The molecule has 0 aliphatic heterocycles. The van der Waals surface area contributed by atoms with Crippen molar-refractivity contribution in [3.05, 3.63) is 30.5 Å². The Morgan fingerprint density at radius 1 is 1.41 bits per heavy atom. The molecule has 0 radical (unpaired) electrons. The topological polar surface area (TPSA) is 64.1 Å². The van der Waals surface area contributed by atoms with E-state index in [1.54, 1.807) is 0 Å². The Bertz CT molecular complexity index is 532. The number of hydrogen-bond acceptors (Lipinski definition) is 3. The van der Waals surface area contributed by atoms with Gasteiger partial charge in [-0.2, -0.15) is 5.10 Å². The minimum absolute atomic E-state index is 0.0197. The van der Waals surface area contributed by atoms with Gasteiger partial charge in [-0.15, -0.1) is 0 Å². The molecule has 0 amide bonds. The summed E-state index contributed by atoms with van der Waals surface area (Å²) in [5.74, 6) is 0.440. The van der Waals surface area contributed by atoms with Crippen LogP contribution in [0.3, 0.4) is 0 Å². The van der Waals surface area contributed by atoms with Gasteiger partial charge in [-0.05, 0) is 24.8 Å². The molecule has 17 heavy (non-hydrogen) atoms. The Hall–Kier alpha value is -1.39. The van der Waals surface area contributed by atoms with E-state index in [9.17, 15) is 5.11 Å². The second-order valence-electron chi connectivity index (χ2n) is 5.03. The van der Waals surface area contributed by atoms with Crippen LogP contribution in [-0.2, 0) is 6.54 Å². The summed E-state index contributed by atoms with van der Waals surface area (Å²) < 4.78 is 1.91. The second kappa shape index (κ2) is 3.82. The quantitative estimate of drug-likeness (QED) is 0.829. The van der Waals surface area contributed by atoms with Gasteiger partial charge >= 0.3 is 0 Å². The lowest BCUT2D eigenvalue weighted by molar-refractivity contribution is 0.156. The third kappa shape index (κ3) is 1.83. The Kier molecular flexibility index (Phi) is 2.42. The summed E-state index contributed by atoms with van der Waals surface area (Å²) in [4.78, 5) is 0. The molecule has 3 N–H and O–H groups in total. The average Bonchev–Trinajstić information content (AvgIpc) is 3.14. The molecule has 1 aromatic carbocycles.